The Balaban J connectivity index is 1.88. The molecule has 0 fully saturated rings. The molecule has 1 atom stereocenters. The van der Waals surface area contributed by atoms with Gasteiger partial charge in [0, 0.05) is 6.54 Å². The average molecular weight is 215 g/mol. The first kappa shape index (κ1) is 9.35. The Hall–Kier alpha value is -1.88. The summed E-state index contributed by atoms with van der Waals surface area (Å²) in [7, 11) is 0. The van der Waals surface area contributed by atoms with Crippen molar-refractivity contribution in [2.45, 2.75) is 19.0 Å². The predicted octanol–water partition coefficient (Wildman–Crippen LogP) is 0.774. The summed E-state index contributed by atoms with van der Waals surface area (Å²) in [6, 6.07) is 8.61. The molecule has 0 saturated carbocycles. The van der Waals surface area contributed by atoms with Gasteiger partial charge < -0.3 is 11.1 Å². The number of hydrogen-bond donors (Lipinski definition) is 3. The number of nitrogens with one attached hydrogen (secondary N) is 2. The molecule has 4 N–H and O–H groups in total. The summed E-state index contributed by atoms with van der Waals surface area (Å²) in [6.07, 6.45) is 0.921. The third-order valence-corrected chi connectivity index (χ3v) is 2.93. The smallest absolute Gasteiger partial charge is 0.239 e. The van der Waals surface area contributed by atoms with Crippen molar-refractivity contribution in [2.24, 2.45) is 0 Å². The maximum absolute atomic E-state index is 5.50. The number of aromatic amines is 1. The molecule has 3 rings (SSSR count). The van der Waals surface area contributed by atoms with E-state index >= 15 is 0 Å². The SMILES string of the molecule is Nc1n[nH]c([C@@H]2Cc3ccccc3CN2)n1. The minimum Gasteiger partial charge on any atom is -0.367 e. The van der Waals surface area contributed by atoms with Gasteiger partial charge in [-0.15, -0.1) is 5.10 Å². The fraction of sp³-hybridized carbons (Fsp3) is 0.273. The molecule has 5 heteroatoms. The highest BCUT2D eigenvalue weighted by atomic mass is 15.3. The monoisotopic (exact) mass is 215 g/mol. The van der Waals surface area contributed by atoms with Gasteiger partial charge >= 0.3 is 0 Å². The first-order chi connectivity index (χ1) is 7.83. The second-order valence-electron chi connectivity index (χ2n) is 3.99. The number of nitrogens with zero attached hydrogens (tertiary/aromatic N) is 2. The van der Waals surface area contributed by atoms with Crippen LogP contribution in [-0.2, 0) is 13.0 Å². The van der Waals surface area contributed by atoms with Crippen LogP contribution in [0.15, 0.2) is 24.3 Å². The van der Waals surface area contributed by atoms with E-state index in [1.54, 1.807) is 0 Å². The first-order valence-electron chi connectivity index (χ1n) is 5.31. The molecule has 2 aromatic rings. The highest BCUT2D eigenvalue weighted by molar-refractivity contribution is 5.31. The zero-order chi connectivity index (χ0) is 11.0. The lowest BCUT2D eigenvalue weighted by Gasteiger charge is -2.24. The number of fused-ring (bicyclic) bond motifs is 1. The topological polar surface area (TPSA) is 79.6 Å². The average Bonchev–Trinajstić information content (AvgIpc) is 2.75. The first-order valence-corrected chi connectivity index (χ1v) is 5.31. The lowest BCUT2D eigenvalue weighted by molar-refractivity contribution is 0.478. The lowest BCUT2D eigenvalue weighted by atomic mass is 9.96. The number of H-pyrrole nitrogens is 1. The molecule has 0 radical (unpaired) electrons. The van der Waals surface area contributed by atoms with Crippen LogP contribution in [0.25, 0.3) is 0 Å². The Morgan fingerprint density at radius 1 is 1.25 bits per heavy atom. The van der Waals surface area contributed by atoms with E-state index in [0.29, 0.717) is 5.95 Å². The maximum Gasteiger partial charge on any atom is 0.239 e. The van der Waals surface area contributed by atoms with Gasteiger partial charge in [0.25, 0.3) is 0 Å². The van der Waals surface area contributed by atoms with Crippen LogP contribution < -0.4 is 11.1 Å². The molecule has 1 aromatic heterocycles. The molecule has 0 bridgehead atoms. The van der Waals surface area contributed by atoms with Crippen LogP contribution in [0.3, 0.4) is 0 Å². The van der Waals surface area contributed by atoms with Crippen molar-refractivity contribution in [1.29, 1.82) is 0 Å². The predicted molar refractivity (Wildman–Crippen MR) is 60.5 cm³/mol. The molecule has 0 amide bonds. The third-order valence-electron chi connectivity index (χ3n) is 2.93. The lowest BCUT2D eigenvalue weighted by Crippen LogP contribution is -2.29. The molecule has 2 heterocycles. The maximum atomic E-state index is 5.50. The van der Waals surface area contributed by atoms with Crippen molar-refractivity contribution >= 4 is 5.95 Å². The van der Waals surface area contributed by atoms with Crippen molar-refractivity contribution < 1.29 is 0 Å². The van der Waals surface area contributed by atoms with Crippen LogP contribution in [0.4, 0.5) is 5.95 Å². The molecule has 0 unspecified atom stereocenters. The largest absolute Gasteiger partial charge is 0.367 e. The summed E-state index contributed by atoms with van der Waals surface area (Å²) < 4.78 is 0. The number of rotatable bonds is 1. The summed E-state index contributed by atoms with van der Waals surface area (Å²) in [6.45, 7) is 0.863. The molecule has 1 aliphatic heterocycles. The van der Waals surface area contributed by atoms with Crippen molar-refractivity contribution in [1.82, 2.24) is 20.5 Å². The minimum atomic E-state index is 0.180. The van der Waals surface area contributed by atoms with Gasteiger partial charge in [0.1, 0.15) is 5.82 Å². The number of nitrogens with two attached hydrogens (primary N) is 1. The summed E-state index contributed by atoms with van der Waals surface area (Å²) in [5.74, 6) is 1.11. The molecule has 1 aromatic carbocycles. The Kier molecular flexibility index (Phi) is 2.11. The van der Waals surface area contributed by atoms with Gasteiger partial charge in [0.2, 0.25) is 5.95 Å². The Morgan fingerprint density at radius 3 is 2.81 bits per heavy atom. The fourth-order valence-corrected chi connectivity index (χ4v) is 2.09. The van der Waals surface area contributed by atoms with Crippen molar-refractivity contribution in [3.8, 4) is 0 Å². The van der Waals surface area contributed by atoms with E-state index in [1.807, 2.05) is 0 Å². The van der Waals surface area contributed by atoms with Gasteiger partial charge in [-0.25, -0.2) is 0 Å². The van der Waals surface area contributed by atoms with Gasteiger partial charge in [0.05, 0.1) is 6.04 Å². The Labute approximate surface area is 93.1 Å². The summed E-state index contributed by atoms with van der Waals surface area (Å²) in [4.78, 5) is 4.16. The van der Waals surface area contributed by atoms with Crippen LogP contribution in [0.1, 0.15) is 23.0 Å². The summed E-state index contributed by atoms with van der Waals surface area (Å²) >= 11 is 0. The quantitative estimate of drug-likeness (QED) is 0.656. The second-order valence-corrected chi connectivity index (χ2v) is 3.99. The normalized spacial score (nSPS) is 19.4. The number of hydrogen-bond acceptors (Lipinski definition) is 4. The molecule has 0 aliphatic carbocycles. The Morgan fingerprint density at radius 2 is 2.06 bits per heavy atom. The molecular formula is C11H13N5. The van der Waals surface area contributed by atoms with Crippen LogP contribution in [0.2, 0.25) is 0 Å². The highest BCUT2D eigenvalue weighted by Crippen LogP contribution is 2.23. The number of anilines is 1. The number of benzene rings is 1. The van der Waals surface area contributed by atoms with E-state index in [0.717, 1.165) is 18.8 Å². The molecule has 0 spiro atoms. The molecule has 82 valence electrons. The van der Waals surface area contributed by atoms with Gasteiger partial charge in [-0.1, -0.05) is 24.3 Å². The summed E-state index contributed by atoms with van der Waals surface area (Å²) in [5, 5.41) is 10.1. The van der Waals surface area contributed by atoms with Crippen LogP contribution in [0.5, 0.6) is 0 Å². The van der Waals surface area contributed by atoms with Crippen LogP contribution >= 0.6 is 0 Å². The van der Waals surface area contributed by atoms with E-state index in [2.05, 4.69) is 44.8 Å². The van der Waals surface area contributed by atoms with Crippen LogP contribution in [0, 0.1) is 0 Å². The van der Waals surface area contributed by atoms with E-state index in [1.165, 1.54) is 11.1 Å². The van der Waals surface area contributed by atoms with Crippen molar-refractivity contribution in [2.75, 3.05) is 5.73 Å². The zero-order valence-electron chi connectivity index (χ0n) is 8.77. The molecular weight excluding hydrogens is 202 g/mol. The van der Waals surface area contributed by atoms with Gasteiger partial charge in [-0.3, -0.25) is 5.10 Å². The third kappa shape index (κ3) is 1.55. The van der Waals surface area contributed by atoms with Crippen LogP contribution in [-0.4, -0.2) is 15.2 Å². The Bertz CT molecular complexity index is 505. The highest BCUT2D eigenvalue weighted by Gasteiger charge is 2.21. The zero-order valence-corrected chi connectivity index (χ0v) is 8.77. The minimum absolute atomic E-state index is 0.180. The van der Waals surface area contributed by atoms with Gasteiger partial charge in [-0.05, 0) is 17.5 Å². The number of nitrogen functional groups attached to an aromatic ring is 1. The number of aromatic nitrogens is 3. The molecule has 1 aliphatic rings. The van der Waals surface area contributed by atoms with Gasteiger partial charge in [-0.2, -0.15) is 4.98 Å². The van der Waals surface area contributed by atoms with E-state index in [9.17, 15) is 0 Å². The summed E-state index contributed by atoms with van der Waals surface area (Å²) in [5.41, 5.74) is 8.21. The molecule has 5 nitrogen and oxygen atoms in total. The molecule has 0 saturated heterocycles. The van der Waals surface area contributed by atoms with Crippen molar-refractivity contribution in [3.05, 3.63) is 41.2 Å². The van der Waals surface area contributed by atoms with E-state index in [4.69, 9.17) is 5.73 Å². The van der Waals surface area contributed by atoms with Gasteiger partial charge in [0.15, 0.2) is 0 Å². The second kappa shape index (κ2) is 3.61. The van der Waals surface area contributed by atoms with E-state index in [-0.39, 0.29) is 6.04 Å². The fourth-order valence-electron chi connectivity index (χ4n) is 2.09. The standard InChI is InChI=1S/C11H13N5/c12-11-14-10(15-16-11)9-5-7-3-1-2-4-8(7)6-13-9/h1-4,9,13H,5-6H2,(H3,12,14,15,16)/t9-/m0/s1. The van der Waals surface area contributed by atoms with Crippen molar-refractivity contribution in [3.63, 3.8) is 0 Å². The van der Waals surface area contributed by atoms with E-state index < -0.39 is 0 Å². The molecule has 16 heavy (non-hydrogen) atoms.